The standard InChI is InChI=1S/C21H27N5O2/c1-24-18-9-5-4-8-16(18)17-14-23-26(21(28)20(17)24)15-19(27)22-10-13-25-11-6-2-3-7-12-25/h4-5,8-9,14H,2-3,6-7,10-13,15H2,1H3,(H,22,27). The Balaban J connectivity index is 1.45. The van der Waals surface area contributed by atoms with Crippen LogP contribution < -0.4 is 10.9 Å². The number of hydrogen-bond donors (Lipinski definition) is 1. The first-order chi connectivity index (χ1) is 13.6. The van der Waals surface area contributed by atoms with Gasteiger partial charge in [0.1, 0.15) is 12.1 Å². The summed E-state index contributed by atoms with van der Waals surface area (Å²) in [5, 5.41) is 8.99. The molecule has 1 fully saturated rings. The van der Waals surface area contributed by atoms with E-state index in [1.165, 1.54) is 30.4 Å². The summed E-state index contributed by atoms with van der Waals surface area (Å²) in [6.07, 6.45) is 6.75. The van der Waals surface area contributed by atoms with Crippen molar-refractivity contribution in [1.82, 2.24) is 24.6 Å². The zero-order chi connectivity index (χ0) is 19.5. The smallest absolute Gasteiger partial charge is 0.291 e. The summed E-state index contributed by atoms with van der Waals surface area (Å²) in [5.41, 5.74) is 1.32. The summed E-state index contributed by atoms with van der Waals surface area (Å²) in [4.78, 5) is 27.6. The van der Waals surface area contributed by atoms with E-state index in [1.54, 1.807) is 6.20 Å². The zero-order valence-electron chi connectivity index (χ0n) is 16.4. The quantitative estimate of drug-likeness (QED) is 0.733. The minimum Gasteiger partial charge on any atom is -0.353 e. The summed E-state index contributed by atoms with van der Waals surface area (Å²) < 4.78 is 3.13. The van der Waals surface area contributed by atoms with Gasteiger partial charge in [-0.15, -0.1) is 0 Å². The fourth-order valence-corrected chi connectivity index (χ4v) is 4.13. The second-order valence-corrected chi connectivity index (χ2v) is 7.55. The molecule has 0 bridgehead atoms. The Morgan fingerprint density at radius 1 is 1.11 bits per heavy atom. The fraction of sp³-hybridized carbons (Fsp3) is 0.476. The highest BCUT2D eigenvalue weighted by Crippen LogP contribution is 2.24. The summed E-state index contributed by atoms with van der Waals surface area (Å²) >= 11 is 0. The van der Waals surface area contributed by atoms with Gasteiger partial charge in [0.15, 0.2) is 0 Å². The van der Waals surface area contributed by atoms with E-state index in [9.17, 15) is 9.59 Å². The van der Waals surface area contributed by atoms with E-state index in [1.807, 2.05) is 35.9 Å². The Morgan fingerprint density at radius 3 is 2.64 bits per heavy atom. The summed E-state index contributed by atoms with van der Waals surface area (Å²) in [6, 6.07) is 7.86. The van der Waals surface area contributed by atoms with Crippen molar-refractivity contribution >= 4 is 27.7 Å². The molecule has 1 amide bonds. The molecule has 1 aliphatic heterocycles. The van der Waals surface area contributed by atoms with Crippen molar-refractivity contribution in [3.63, 3.8) is 0 Å². The molecule has 1 aromatic carbocycles. The number of likely N-dealkylation sites (tertiary alicyclic amines) is 1. The molecule has 7 heteroatoms. The number of aromatic nitrogens is 3. The van der Waals surface area contributed by atoms with E-state index in [0.717, 1.165) is 35.9 Å². The van der Waals surface area contributed by atoms with Gasteiger partial charge >= 0.3 is 0 Å². The van der Waals surface area contributed by atoms with Crippen LogP contribution in [-0.4, -0.2) is 51.3 Å². The number of nitrogens with zero attached hydrogens (tertiary/aromatic N) is 4. The molecule has 4 rings (SSSR count). The van der Waals surface area contributed by atoms with Gasteiger partial charge in [0.25, 0.3) is 5.56 Å². The SMILES string of the molecule is Cn1c2ccccc2c2cnn(CC(=O)NCCN3CCCCCC3)c(=O)c21. The van der Waals surface area contributed by atoms with Gasteiger partial charge in [-0.25, -0.2) is 4.68 Å². The van der Waals surface area contributed by atoms with E-state index < -0.39 is 0 Å². The number of hydrogen-bond acceptors (Lipinski definition) is 4. The number of carbonyl (C=O) groups is 1. The predicted octanol–water partition coefficient (Wildman–Crippen LogP) is 1.88. The average Bonchev–Trinajstić information content (AvgIpc) is 2.85. The molecule has 0 atom stereocenters. The maximum absolute atomic E-state index is 12.9. The zero-order valence-corrected chi connectivity index (χ0v) is 16.4. The highest BCUT2D eigenvalue weighted by atomic mass is 16.2. The van der Waals surface area contributed by atoms with Gasteiger partial charge in [0.2, 0.25) is 5.91 Å². The van der Waals surface area contributed by atoms with Crippen molar-refractivity contribution in [3.8, 4) is 0 Å². The highest BCUT2D eigenvalue weighted by molar-refractivity contribution is 6.07. The number of para-hydroxylation sites is 1. The number of rotatable bonds is 5. The van der Waals surface area contributed by atoms with Crippen LogP contribution in [0, 0.1) is 0 Å². The van der Waals surface area contributed by atoms with Crippen molar-refractivity contribution < 1.29 is 4.79 Å². The van der Waals surface area contributed by atoms with Crippen LogP contribution in [0.5, 0.6) is 0 Å². The highest BCUT2D eigenvalue weighted by Gasteiger charge is 2.15. The molecule has 3 aromatic rings. The van der Waals surface area contributed by atoms with Crippen molar-refractivity contribution in [1.29, 1.82) is 0 Å². The van der Waals surface area contributed by atoms with Crippen LogP contribution in [0.4, 0.5) is 0 Å². The van der Waals surface area contributed by atoms with E-state index in [2.05, 4.69) is 15.3 Å². The topological polar surface area (TPSA) is 72.2 Å². The predicted molar refractivity (Wildman–Crippen MR) is 110 cm³/mol. The Kier molecular flexibility index (Phi) is 5.43. The summed E-state index contributed by atoms with van der Waals surface area (Å²) in [6.45, 7) is 3.61. The van der Waals surface area contributed by atoms with E-state index in [-0.39, 0.29) is 18.0 Å². The first-order valence-corrected chi connectivity index (χ1v) is 10.1. The summed E-state index contributed by atoms with van der Waals surface area (Å²) in [5.74, 6) is -0.178. The lowest BCUT2D eigenvalue weighted by Gasteiger charge is -2.19. The van der Waals surface area contributed by atoms with Crippen LogP contribution in [0.1, 0.15) is 25.7 Å². The molecule has 0 unspecified atom stereocenters. The second-order valence-electron chi connectivity index (χ2n) is 7.55. The lowest BCUT2D eigenvalue weighted by Crippen LogP contribution is -2.38. The van der Waals surface area contributed by atoms with E-state index in [4.69, 9.17) is 0 Å². The molecule has 0 radical (unpaired) electrons. The molecule has 1 aliphatic rings. The number of carbonyl (C=O) groups excluding carboxylic acids is 1. The maximum atomic E-state index is 12.9. The lowest BCUT2D eigenvalue weighted by molar-refractivity contribution is -0.121. The third-order valence-electron chi connectivity index (χ3n) is 5.65. The normalized spacial score (nSPS) is 15.8. The summed E-state index contributed by atoms with van der Waals surface area (Å²) in [7, 11) is 1.87. The van der Waals surface area contributed by atoms with Crippen molar-refractivity contribution in [2.75, 3.05) is 26.2 Å². The minimum atomic E-state index is -0.237. The Hall–Kier alpha value is -2.67. The van der Waals surface area contributed by atoms with Crippen LogP contribution in [0.2, 0.25) is 0 Å². The van der Waals surface area contributed by atoms with E-state index >= 15 is 0 Å². The monoisotopic (exact) mass is 381 g/mol. The molecule has 0 aliphatic carbocycles. The van der Waals surface area contributed by atoms with Crippen LogP contribution in [0.15, 0.2) is 35.3 Å². The molecule has 2 aromatic heterocycles. The van der Waals surface area contributed by atoms with Crippen molar-refractivity contribution in [2.45, 2.75) is 32.2 Å². The van der Waals surface area contributed by atoms with Crippen molar-refractivity contribution in [3.05, 3.63) is 40.8 Å². The molecular formula is C21H27N5O2. The Bertz CT molecular complexity index is 1040. The number of aryl methyl sites for hydroxylation is 1. The number of nitrogens with one attached hydrogen (secondary N) is 1. The number of fused-ring (bicyclic) bond motifs is 3. The van der Waals surface area contributed by atoms with Crippen molar-refractivity contribution in [2.24, 2.45) is 7.05 Å². The second kappa shape index (κ2) is 8.14. The van der Waals surface area contributed by atoms with E-state index in [0.29, 0.717) is 12.1 Å². The van der Waals surface area contributed by atoms with Gasteiger partial charge in [0.05, 0.1) is 6.20 Å². The molecule has 3 heterocycles. The molecular weight excluding hydrogens is 354 g/mol. The van der Waals surface area contributed by atoms with Crippen LogP contribution >= 0.6 is 0 Å². The molecule has 1 N–H and O–H groups in total. The maximum Gasteiger partial charge on any atom is 0.291 e. The van der Waals surface area contributed by atoms with Crippen LogP contribution in [0.3, 0.4) is 0 Å². The largest absolute Gasteiger partial charge is 0.353 e. The van der Waals surface area contributed by atoms with Gasteiger partial charge in [-0.1, -0.05) is 31.0 Å². The molecule has 0 saturated carbocycles. The molecule has 7 nitrogen and oxygen atoms in total. The van der Waals surface area contributed by atoms with Crippen LogP contribution in [0.25, 0.3) is 21.8 Å². The molecule has 28 heavy (non-hydrogen) atoms. The van der Waals surface area contributed by atoms with Gasteiger partial charge in [-0.3, -0.25) is 9.59 Å². The third-order valence-corrected chi connectivity index (χ3v) is 5.65. The number of amides is 1. The minimum absolute atomic E-state index is 0.0592. The van der Waals surface area contributed by atoms with Gasteiger partial charge < -0.3 is 14.8 Å². The van der Waals surface area contributed by atoms with Crippen LogP contribution in [-0.2, 0) is 18.4 Å². The van der Waals surface area contributed by atoms with Gasteiger partial charge in [0, 0.05) is 36.4 Å². The average molecular weight is 381 g/mol. The fourth-order valence-electron chi connectivity index (χ4n) is 4.13. The van der Waals surface area contributed by atoms with Gasteiger partial charge in [-0.05, 0) is 32.0 Å². The first kappa shape index (κ1) is 18.7. The molecule has 0 spiro atoms. The lowest BCUT2D eigenvalue weighted by atomic mass is 10.2. The molecule has 1 saturated heterocycles. The van der Waals surface area contributed by atoms with Gasteiger partial charge in [-0.2, -0.15) is 5.10 Å². The first-order valence-electron chi connectivity index (χ1n) is 10.1. The third kappa shape index (κ3) is 3.67. The Labute approximate surface area is 163 Å². The Morgan fingerprint density at radius 2 is 1.86 bits per heavy atom. The number of benzene rings is 1. The molecule has 148 valence electrons.